The van der Waals surface area contributed by atoms with Gasteiger partial charge in [-0.3, -0.25) is 14.4 Å². The molecule has 0 saturated heterocycles. The molecule has 0 bridgehead atoms. The van der Waals surface area contributed by atoms with E-state index in [0.29, 0.717) is 24.2 Å². The smallest absolute Gasteiger partial charge is 0.309 e. The fraction of sp³-hybridized carbons (Fsp3) is 0.471. The summed E-state index contributed by atoms with van der Waals surface area (Å²) in [6.07, 6.45) is 0.667. The first-order valence-corrected chi connectivity index (χ1v) is 7.63. The maximum atomic E-state index is 11.7. The van der Waals surface area contributed by atoms with Crippen molar-refractivity contribution in [3.8, 4) is 5.75 Å². The number of rotatable bonds is 8. The van der Waals surface area contributed by atoms with E-state index >= 15 is 0 Å². The van der Waals surface area contributed by atoms with Crippen molar-refractivity contribution in [1.82, 2.24) is 0 Å². The van der Waals surface area contributed by atoms with E-state index in [2.05, 4.69) is 0 Å². The lowest BCUT2D eigenvalue weighted by molar-refractivity contribution is -0.189. The van der Waals surface area contributed by atoms with Crippen molar-refractivity contribution in [2.75, 3.05) is 0 Å². The Kier molecular flexibility index (Phi) is 7.80. The van der Waals surface area contributed by atoms with Crippen LogP contribution in [0.5, 0.6) is 5.75 Å². The highest BCUT2D eigenvalue weighted by Gasteiger charge is 2.20. The Hall–Kier alpha value is -2.37. The second-order valence-corrected chi connectivity index (χ2v) is 4.97. The van der Waals surface area contributed by atoms with Gasteiger partial charge in [0.2, 0.25) is 0 Å². The van der Waals surface area contributed by atoms with Gasteiger partial charge in [-0.05, 0) is 37.1 Å². The zero-order valence-electron chi connectivity index (χ0n) is 13.7. The van der Waals surface area contributed by atoms with Gasteiger partial charge in [0.1, 0.15) is 5.75 Å². The molecule has 0 spiro atoms. The van der Waals surface area contributed by atoms with Crippen LogP contribution in [0.1, 0.15) is 58.3 Å². The molecule has 0 heterocycles. The number of ether oxygens (including phenoxy) is 3. The number of benzene rings is 1. The van der Waals surface area contributed by atoms with Crippen molar-refractivity contribution < 1.29 is 28.6 Å². The van der Waals surface area contributed by atoms with E-state index in [-0.39, 0.29) is 12.8 Å². The second kappa shape index (κ2) is 9.61. The number of hydrogen-bond donors (Lipinski definition) is 0. The molecule has 0 N–H and O–H groups in total. The molecule has 1 rings (SSSR count). The maximum Gasteiger partial charge on any atom is 0.309 e. The summed E-state index contributed by atoms with van der Waals surface area (Å²) in [5, 5.41) is 0. The highest BCUT2D eigenvalue weighted by Crippen LogP contribution is 2.23. The molecule has 0 amide bonds. The van der Waals surface area contributed by atoms with E-state index in [1.807, 2.05) is 13.8 Å². The van der Waals surface area contributed by atoms with Crippen LogP contribution in [0.3, 0.4) is 0 Å². The summed E-state index contributed by atoms with van der Waals surface area (Å²) in [6, 6.07) is 6.26. The molecule has 0 saturated carbocycles. The standard InChI is InChI=1S/C17H22O6/c1-4-6-15(19)22-17(23-16(20)7-5-2)13-8-10-14(11-9-13)21-12(3)18/h8-11,17H,4-7H2,1-3H3. The zero-order chi connectivity index (χ0) is 17.2. The summed E-state index contributed by atoms with van der Waals surface area (Å²) in [6.45, 7) is 5.01. The Morgan fingerprint density at radius 2 is 1.39 bits per heavy atom. The predicted octanol–water partition coefficient (Wildman–Crippen LogP) is 3.30. The molecular weight excluding hydrogens is 300 g/mol. The van der Waals surface area contributed by atoms with Crippen molar-refractivity contribution in [1.29, 1.82) is 0 Å². The van der Waals surface area contributed by atoms with E-state index in [0.717, 1.165) is 0 Å². The minimum Gasteiger partial charge on any atom is -0.427 e. The average molecular weight is 322 g/mol. The Morgan fingerprint density at radius 1 is 0.913 bits per heavy atom. The molecule has 6 nitrogen and oxygen atoms in total. The number of carbonyl (C=O) groups is 3. The molecule has 0 aromatic heterocycles. The SMILES string of the molecule is CCCC(=O)OC(OC(=O)CCC)c1ccc(OC(C)=O)cc1. The van der Waals surface area contributed by atoms with Crippen LogP contribution in [-0.4, -0.2) is 17.9 Å². The maximum absolute atomic E-state index is 11.7. The molecule has 1 aromatic rings. The van der Waals surface area contributed by atoms with Gasteiger partial charge in [0.05, 0.1) is 0 Å². The highest BCUT2D eigenvalue weighted by molar-refractivity contribution is 5.72. The van der Waals surface area contributed by atoms with Crippen LogP contribution in [0.25, 0.3) is 0 Å². The van der Waals surface area contributed by atoms with Crippen LogP contribution < -0.4 is 4.74 Å². The van der Waals surface area contributed by atoms with Gasteiger partial charge in [0.15, 0.2) is 0 Å². The summed E-state index contributed by atoms with van der Waals surface area (Å²) in [7, 11) is 0. The average Bonchev–Trinajstić information content (AvgIpc) is 2.47. The van der Waals surface area contributed by atoms with Crippen LogP contribution >= 0.6 is 0 Å². The van der Waals surface area contributed by atoms with Crippen LogP contribution in [0.4, 0.5) is 0 Å². The summed E-state index contributed by atoms with van der Waals surface area (Å²) in [5.41, 5.74) is 0.495. The fourth-order valence-corrected chi connectivity index (χ4v) is 1.78. The Labute approximate surface area is 135 Å². The van der Waals surface area contributed by atoms with Gasteiger partial charge in [0, 0.05) is 25.3 Å². The second-order valence-electron chi connectivity index (χ2n) is 4.97. The van der Waals surface area contributed by atoms with Crippen molar-refractivity contribution in [3.05, 3.63) is 29.8 Å². The summed E-state index contributed by atoms with van der Waals surface area (Å²) in [4.78, 5) is 34.3. The lowest BCUT2D eigenvalue weighted by atomic mass is 10.2. The molecule has 126 valence electrons. The summed E-state index contributed by atoms with van der Waals surface area (Å²) < 4.78 is 15.4. The molecule has 0 atom stereocenters. The molecule has 0 fully saturated rings. The lowest BCUT2D eigenvalue weighted by Gasteiger charge is -2.18. The Morgan fingerprint density at radius 3 is 1.78 bits per heavy atom. The fourth-order valence-electron chi connectivity index (χ4n) is 1.78. The van der Waals surface area contributed by atoms with E-state index in [9.17, 15) is 14.4 Å². The van der Waals surface area contributed by atoms with Gasteiger partial charge >= 0.3 is 17.9 Å². The predicted molar refractivity (Wildman–Crippen MR) is 82.5 cm³/mol. The summed E-state index contributed by atoms with van der Waals surface area (Å²) in [5.74, 6) is -0.950. The van der Waals surface area contributed by atoms with Gasteiger partial charge in [-0.2, -0.15) is 0 Å². The molecule has 6 heteroatoms. The Bertz CT molecular complexity index is 515. The first-order valence-electron chi connectivity index (χ1n) is 7.63. The monoisotopic (exact) mass is 322 g/mol. The van der Waals surface area contributed by atoms with Gasteiger partial charge in [-0.1, -0.05) is 13.8 Å². The minimum atomic E-state index is -1.10. The number of hydrogen-bond acceptors (Lipinski definition) is 6. The molecular formula is C17H22O6. The van der Waals surface area contributed by atoms with Crippen LogP contribution in [0, 0.1) is 0 Å². The normalized spacial score (nSPS) is 10.3. The van der Waals surface area contributed by atoms with Crippen LogP contribution in [0.15, 0.2) is 24.3 Å². The van der Waals surface area contributed by atoms with Crippen LogP contribution in [-0.2, 0) is 23.9 Å². The van der Waals surface area contributed by atoms with Gasteiger partial charge < -0.3 is 14.2 Å². The molecule has 0 aliphatic rings. The van der Waals surface area contributed by atoms with E-state index in [4.69, 9.17) is 14.2 Å². The lowest BCUT2D eigenvalue weighted by Crippen LogP contribution is -2.18. The van der Waals surface area contributed by atoms with Gasteiger partial charge in [-0.25, -0.2) is 0 Å². The van der Waals surface area contributed by atoms with Crippen LogP contribution in [0.2, 0.25) is 0 Å². The topological polar surface area (TPSA) is 78.9 Å². The number of esters is 3. The minimum absolute atomic E-state index is 0.243. The molecule has 0 aliphatic heterocycles. The third kappa shape index (κ3) is 6.95. The Balaban J connectivity index is 2.86. The third-order valence-corrected chi connectivity index (χ3v) is 2.80. The molecule has 0 radical (unpaired) electrons. The molecule has 23 heavy (non-hydrogen) atoms. The highest BCUT2D eigenvalue weighted by atomic mass is 16.7. The summed E-state index contributed by atoms with van der Waals surface area (Å²) >= 11 is 0. The van der Waals surface area contributed by atoms with E-state index < -0.39 is 24.2 Å². The van der Waals surface area contributed by atoms with Crippen molar-refractivity contribution in [2.45, 2.75) is 52.7 Å². The third-order valence-electron chi connectivity index (χ3n) is 2.80. The van der Waals surface area contributed by atoms with Gasteiger partial charge in [-0.15, -0.1) is 0 Å². The van der Waals surface area contributed by atoms with Gasteiger partial charge in [0.25, 0.3) is 6.29 Å². The van der Waals surface area contributed by atoms with Crippen molar-refractivity contribution in [3.63, 3.8) is 0 Å². The van der Waals surface area contributed by atoms with E-state index in [1.165, 1.54) is 6.92 Å². The van der Waals surface area contributed by atoms with Crippen molar-refractivity contribution >= 4 is 17.9 Å². The largest absolute Gasteiger partial charge is 0.427 e. The molecule has 0 aliphatic carbocycles. The number of carbonyl (C=O) groups excluding carboxylic acids is 3. The first-order chi connectivity index (χ1) is 11.0. The van der Waals surface area contributed by atoms with Crippen molar-refractivity contribution in [2.24, 2.45) is 0 Å². The zero-order valence-corrected chi connectivity index (χ0v) is 13.7. The van der Waals surface area contributed by atoms with E-state index in [1.54, 1.807) is 24.3 Å². The quantitative estimate of drug-likeness (QED) is 0.415. The first kappa shape index (κ1) is 18.7. The molecule has 0 unspecified atom stereocenters. The molecule has 1 aromatic carbocycles.